The third kappa shape index (κ3) is 2.01. The molecule has 0 bridgehead atoms. The fourth-order valence-corrected chi connectivity index (χ4v) is 7.47. The Morgan fingerprint density at radius 2 is 1.16 bits per heavy atom. The van der Waals surface area contributed by atoms with Gasteiger partial charge in [-0.05, 0) is 45.5 Å². The average molecular weight is 466 g/mol. The molecule has 0 saturated heterocycles. The van der Waals surface area contributed by atoms with Crippen molar-refractivity contribution in [1.29, 1.82) is 0 Å². The standard InChI is InChI=1S/C34H19BN2/c1-2-9-21-19-31-28(18-20(21)8-1)35-32-24(16-17-27-22-10-3-5-14-29(22)36(31)34(27)32)26-13-7-12-25-23-11-4-6-15-30(23)37(35)33(25)26/h1-19H. The minimum Gasteiger partial charge on any atom is -0.375 e. The van der Waals surface area contributed by atoms with Crippen molar-refractivity contribution in [2.24, 2.45) is 0 Å². The molecule has 2 aliphatic heterocycles. The molecule has 0 atom stereocenters. The lowest BCUT2D eigenvalue weighted by Gasteiger charge is -2.33. The lowest BCUT2D eigenvalue weighted by atomic mass is 9.45. The summed E-state index contributed by atoms with van der Waals surface area (Å²) in [6.07, 6.45) is 0. The van der Waals surface area contributed by atoms with E-state index in [1.54, 1.807) is 0 Å². The Morgan fingerprint density at radius 1 is 0.486 bits per heavy atom. The molecule has 2 aromatic heterocycles. The molecule has 2 nitrogen and oxygen atoms in total. The number of hydrogen-bond donors (Lipinski definition) is 0. The number of fused-ring (bicyclic) bond motifs is 12. The van der Waals surface area contributed by atoms with Gasteiger partial charge in [0.1, 0.15) is 0 Å². The van der Waals surface area contributed by atoms with E-state index in [2.05, 4.69) is 124 Å². The molecule has 0 unspecified atom stereocenters. The summed E-state index contributed by atoms with van der Waals surface area (Å²) in [6.45, 7) is 0.118. The van der Waals surface area contributed by atoms with E-state index >= 15 is 0 Å². The Morgan fingerprint density at radius 3 is 2.03 bits per heavy atom. The van der Waals surface area contributed by atoms with Crippen molar-refractivity contribution in [3.05, 3.63) is 115 Å². The molecule has 10 rings (SSSR count). The van der Waals surface area contributed by atoms with Gasteiger partial charge in [0.25, 0.3) is 0 Å². The van der Waals surface area contributed by atoms with E-state index in [9.17, 15) is 0 Å². The molecule has 0 N–H and O–H groups in total. The van der Waals surface area contributed by atoms with E-state index in [1.807, 2.05) is 0 Å². The number of hydrogen-bond acceptors (Lipinski definition) is 0. The van der Waals surface area contributed by atoms with Gasteiger partial charge in [-0.2, -0.15) is 0 Å². The van der Waals surface area contributed by atoms with E-state index in [0.717, 1.165) is 0 Å². The summed E-state index contributed by atoms with van der Waals surface area (Å²) in [7, 11) is 0. The van der Waals surface area contributed by atoms with E-state index in [4.69, 9.17) is 0 Å². The molecule has 0 fully saturated rings. The van der Waals surface area contributed by atoms with Crippen molar-refractivity contribution in [2.45, 2.75) is 0 Å². The van der Waals surface area contributed by atoms with Gasteiger partial charge < -0.3 is 9.05 Å². The van der Waals surface area contributed by atoms with Crippen molar-refractivity contribution >= 4 is 72.2 Å². The lowest BCUT2D eigenvalue weighted by molar-refractivity contribution is 1.18. The molecule has 0 amide bonds. The molecule has 37 heavy (non-hydrogen) atoms. The van der Waals surface area contributed by atoms with Crippen molar-refractivity contribution < 1.29 is 0 Å². The zero-order chi connectivity index (χ0) is 23.8. The van der Waals surface area contributed by atoms with Crippen molar-refractivity contribution in [2.75, 3.05) is 0 Å². The summed E-state index contributed by atoms with van der Waals surface area (Å²) >= 11 is 0. The van der Waals surface area contributed by atoms with Crippen LogP contribution in [-0.2, 0) is 0 Å². The smallest absolute Gasteiger partial charge is 0.333 e. The second kappa shape index (κ2) is 6.14. The first-order valence-electron chi connectivity index (χ1n) is 13.0. The highest BCUT2D eigenvalue weighted by Crippen LogP contribution is 2.43. The highest BCUT2D eigenvalue weighted by atomic mass is 15.0. The van der Waals surface area contributed by atoms with Gasteiger partial charge in [0.15, 0.2) is 0 Å². The van der Waals surface area contributed by atoms with Gasteiger partial charge in [-0.25, -0.2) is 0 Å². The number of para-hydroxylation sites is 3. The maximum absolute atomic E-state index is 2.64. The van der Waals surface area contributed by atoms with Crippen LogP contribution in [0.3, 0.4) is 0 Å². The largest absolute Gasteiger partial charge is 0.375 e. The first-order valence-corrected chi connectivity index (χ1v) is 13.0. The molecule has 8 aromatic rings. The Kier molecular flexibility index (Phi) is 3.07. The van der Waals surface area contributed by atoms with Crippen LogP contribution in [0.15, 0.2) is 115 Å². The summed E-state index contributed by atoms with van der Waals surface area (Å²) in [5.74, 6) is 0. The van der Waals surface area contributed by atoms with Crippen LogP contribution < -0.4 is 10.9 Å². The van der Waals surface area contributed by atoms with Gasteiger partial charge in [-0.1, -0.05) is 97.1 Å². The van der Waals surface area contributed by atoms with Crippen LogP contribution in [0.25, 0.3) is 71.2 Å². The zero-order valence-electron chi connectivity index (χ0n) is 19.9. The normalized spacial score (nSPS) is 13.4. The molecule has 0 saturated carbocycles. The predicted molar refractivity (Wildman–Crippen MR) is 157 cm³/mol. The minimum atomic E-state index is 0.118. The van der Waals surface area contributed by atoms with E-state index in [-0.39, 0.29) is 6.85 Å². The highest BCUT2D eigenvalue weighted by Gasteiger charge is 2.41. The molecule has 6 aromatic carbocycles. The molecule has 2 aliphatic rings. The first-order chi connectivity index (χ1) is 18.4. The maximum Gasteiger partial charge on any atom is 0.333 e. The SMILES string of the molecule is c1ccc2cc3c(cc2c1)B1c2c(ccc4c5ccccc5n-3c24)-c2cccc3c4ccccc4n1c23. The minimum absolute atomic E-state index is 0.118. The van der Waals surface area contributed by atoms with Crippen LogP contribution in [0.1, 0.15) is 0 Å². The third-order valence-electron chi connectivity index (χ3n) is 8.86. The first kappa shape index (κ1) is 18.5. The highest BCUT2D eigenvalue weighted by molar-refractivity contribution is 6.90. The van der Waals surface area contributed by atoms with Gasteiger partial charge >= 0.3 is 6.85 Å². The van der Waals surface area contributed by atoms with Gasteiger partial charge in [0.2, 0.25) is 0 Å². The lowest BCUT2D eigenvalue weighted by Crippen LogP contribution is -2.55. The molecule has 168 valence electrons. The summed E-state index contributed by atoms with van der Waals surface area (Å²) in [5, 5.41) is 7.91. The number of nitrogens with zero attached hydrogens (tertiary/aromatic N) is 2. The Balaban J connectivity index is 1.53. The fraction of sp³-hybridized carbons (Fsp3) is 0. The topological polar surface area (TPSA) is 9.86 Å². The molecular formula is C34H19BN2. The fourth-order valence-electron chi connectivity index (χ4n) is 7.47. The van der Waals surface area contributed by atoms with Gasteiger partial charge in [-0.3, -0.25) is 0 Å². The quantitative estimate of drug-likeness (QED) is 0.213. The van der Waals surface area contributed by atoms with Crippen LogP contribution in [0, 0.1) is 0 Å². The summed E-state index contributed by atoms with van der Waals surface area (Å²) in [4.78, 5) is 0. The molecule has 3 heteroatoms. The molecule has 0 radical (unpaired) electrons. The molecular weight excluding hydrogens is 447 g/mol. The van der Waals surface area contributed by atoms with Crippen LogP contribution in [0.4, 0.5) is 0 Å². The number of benzene rings is 6. The average Bonchev–Trinajstić information content (AvgIpc) is 3.47. The van der Waals surface area contributed by atoms with Crippen molar-refractivity contribution in [3.8, 4) is 16.8 Å². The summed E-state index contributed by atoms with van der Waals surface area (Å²) in [5.41, 5.74) is 12.1. The van der Waals surface area contributed by atoms with E-state index in [1.165, 1.54) is 82.1 Å². The summed E-state index contributed by atoms with van der Waals surface area (Å²) in [6, 6.07) is 43.0. The monoisotopic (exact) mass is 466 g/mol. The Bertz CT molecular complexity index is 2320. The number of aromatic nitrogens is 2. The Labute approximate surface area is 213 Å². The van der Waals surface area contributed by atoms with Crippen molar-refractivity contribution in [3.63, 3.8) is 0 Å². The van der Waals surface area contributed by atoms with Gasteiger partial charge in [-0.15, -0.1) is 0 Å². The van der Waals surface area contributed by atoms with E-state index in [0.29, 0.717) is 0 Å². The second-order valence-electron chi connectivity index (χ2n) is 10.5. The summed E-state index contributed by atoms with van der Waals surface area (Å²) < 4.78 is 5.18. The van der Waals surface area contributed by atoms with Gasteiger partial charge in [0, 0.05) is 43.8 Å². The molecule has 4 heterocycles. The van der Waals surface area contributed by atoms with Gasteiger partial charge in [0.05, 0.1) is 11.0 Å². The van der Waals surface area contributed by atoms with E-state index < -0.39 is 0 Å². The van der Waals surface area contributed by atoms with Crippen LogP contribution >= 0.6 is 0 Å². The van der Waals surface area contributed by atoms with Crippen LogP contribution in [0.5, 0.6) is 0 Å². The van der Waals surface area contributed by atoms with Crippen molar-refractivity contribution in [1.82, 2.24) is 9.05 Å². The maximum atomic E-state index is 2.64. The zero-order valence-corrected chi connectivity index (χ0v) is 19.9. The number of rotatable bonds is 0. The molecule has 0 spiro atoms. The van der Waals surface area contributed by atoms with Crippen LogP contribution in [-0.4, -0.2) is 15.9 Å². The predicted octanol–water partition coefficient (Wildman–Crippen LogP) is 6.99. The Hall–Kier alpha value is -4.76. The molecule has 0 aliphatic carbocycles. The second-order valence-corrected chi connectivity index (χ2v) is 10.5. The third-order valence-corrected chi connectivity index (χ3v) is 8.86. The van der Waals surface area contributed by atoms with Crippen LogP contribution in [0.2, 0.25) is 0 Å².